The molecule has 0 aliphatic heterocycles. The second-order valence-corrected chi connectivity index (χ2v) is 8.66. The van der Waals surface area contributed by atoms with Crippen molar-refractivity contribution >= 4 is 25.7 Å². The van der Waals surface area contributed by atoms with Crippen molar-refractivity contribution in [1.82, 2.24) is 0 Å². The fraction of sp³-hybridized carbons (Fsp3) is 0.833. The van der Waals surface area contributed by atoms with E-state index in [1.165, 1.54) is 21.3 Å². The Balaban J connectivity index is 4.86. The van der Waals surface area contributed by atoms with Gasteiger partial charge in [-0.05, 0) is 17.8 Å². The van der Waals surface area contributed by atoms with Gasteiger partial charge in [0, 0.05) is 0 Å². The van der Waals surface area contributed by atoms with Crippen LogP contribution in [-0.2, 0) is 46.7 Å². The highest BCUT2D eigenvalue weighted by atomic mass is 31.2. The second-order valence-electron chi connectivity index (χ2n) is 6.99. The summed E-state index contributed by atoms with van der Waals surface area (Å²) >= 11 is 0. The van der Waals surface area contributed by atoms with Gasteiger partial charge in [-0.15, -0.1) is 0 Å². The van der Waals surface area contributed by atoms with Gasteiger partial charge >= 0.3 is 25.7 Å². The van der Waals surface area contributed by atoms with E-state index >= 15 is 0 Å². The van der Waals surface area contributed by atoms with Gasteiger partial charge in [0.1, 0.15) is 0 Å². The fourth-order valence-corrected chi connectivity index (χ4v) is 3.58. The van der Waals surface area contributed by atoms with Gasteiger partial charge in [0.15, 0.2) is 0 Å². The van der Waals surface area contributed by atoms with Crippen molar-refractivity contribution < 1.29 is 46.7 Å². The highest BCUT2D eigenvalue weighted by Gasteiger charge is 2.30. The van der Waals surface area contributed by atoms with Crippen molar-refractivity contribution in [2.45, 2.75) is 40.0 Å². The summed E-state index contributed by atoms with van der Waals surface area (Å²) < 4.78 is 42.9. The molecule has 0 rings (SSSR count). The first-order chi connectivity index (χ1) is 13.5. The lowest BCUT2D eigenvalue weighted by Crippen LogP contribution is -2.17. The summed E-state index contributed by atoms with van der Waals surface area (Å²) in [5, 5.41) is 0. The third kappa shape index (κ3) is 13.4. The highest BCUT2D eigenvalue weighted by molar-refractivity contribution is 7.48. The Labute approximate surface area is 172 Å². The number of carbonyl (C=O) groups is 3. The molecule has 0 fully saturated rings. The van der Waals surface area contributed by atoms with Crippen molar-refractivity contribution in [3.63, 3.8) is 0 Å². The largest absolute Gasteiger partial charge is 0.474 e. The van der Waals surface area contributed by atoms with Crippen LogP contribution in [0.3, 0.4) is 0 Å². The smallest absolute Gasteiger partial charge is 0.469 e. The van der Waals surface area contributed by atoms with Crippen LogP contribution in [-0.4, -0.2) is 59.1 Å². The lowest BCUT2D eigenvalue weighted by molar-refractivity contribution is -0.142. The maximum Gasteiger partial charge on any atom is 0.474 e. The summed E-state index contributed by atoms with van der Waals surface area (Å²) in [6.07, 6.45) is 0.232. The third-order valence-electron chi connectivity index (χ3n) is 3.78. The maximum atomic E-state index is 13.0. The first kappa shape index (κ1) is 27.5. The van der Waals surface area contributed by atoms with Gasteiger partial charge in [0.25, 0.3) is 0 Å². The number of esters is 3. The average Bonchev–Trinajstić information content (AvgIpc) is 2.69. The fourth-order valence-electron chi connectivity index (χ4n) is 2.05. The van der Waals surface area contributed by atoms with Gasteiger partial charge < -0.3 is 14.2 Å². The van der Waals surface area contributed by atoms with E-state index in [1.54, 1.807) is 20.8 Å². The van der Waals surface area contributed by atoms with Crippen molar-refractivity contribution in [1.29, 1.82) is 0 Å². The molecule has 0 heterocycles. The van der Waals surface area contributed by atoms with Crippen LogP contribution in [0.5, 0.6) is 0 Å². The lowest BCUT2D eigenvalue weighted by Gasteiger charge is -2.22. The van der Waals surface area contributed by atoms with E-state index in [9.17, 15) is 18.9 Å². The van der Waals surface area contributed by atoms with Crippen LogP contribution in [0.4, 0.5) is 0 Å². The van der Waals surface area contributed by atoms with Crippen LogP contribution < -0.4 is 0 Å². The van der Waals surface area contributed by atoms with Crippen LogP contribution >= 0.6 is 7.82 Å². The minimum Gasteiger partial charge on any atom is -0.469 e. The number of rotatable bonds is 15. The Morgan fingerprint density at radius 2 is 0.862 bits per heavy atom. The summed E-state index contributed by atoms with van der Waals surface area (Å²) in [6, 6.07) is 0. The van der Waals surface area contributed by atoms with E-state index in [0.29, 0.717) is 0 Å². The Kier molecular flexibility index (Phi) is 13.8. The summed E-state index contributed by atoms with van der Waals surface area (Å²) in [4.78, 5) is 34.0. The minimum absolute atomic E-state index is 0.0663. The van der Waals surface area contributed by atoms with Crippen LogP contribution in [0.1, 0.15) is 40.0 Å². The lowest BCUT2D eigenvalue weighted by atomic mass is 10.1. The standard InChI is InChI=1S/C18H33O10P/c1-13(7-16(19)23-4)10-26-29(22,27-11-14(2)8-17(20)24-5)28-12-15(3)9-18(21)25-6/h13-15H,7-12H2,1-6H3. The van der Waals surface area contributed by atoms with E-state index in [0.717, 1.165) is 0 Å². The predicted molar refractivity (Wildman–Crippen MR) is 103 cm³/mol. The quantitative estimate of drug-likeness (QED) is 0.213. The van der Waals surface area contributed by atoms with Crippen LogP contribution in [0, 0.1) is 17.8 Å². The monoisotopic (exact) mass is 440 g/mol. The number of ether oxygens (including phenoxy) is 3. The third-order valence-corrected chi connectivity index (χ3v) is 5.18. The molecule has 0 aliphatic rings. The number of phosphoric acid groups is 1. The van der Waals surface area contributed by atoms with Gasteiger partial charge in [-0.3, -0.25) is 28.0 Å². The molecule has 0 saturated carbocycles. The van der Waals surface area contributed by atoms with Gasteiger partial charge in [-0.2, -0.15) is 0 Å². The normalized spacial score (nSPS) is 16.2. The number of phosphoric ester groups is 1. The Morgan fingerprint density at radius 3 is 1.07 bits per heavy atom. The van der Waals surface area contributed by atoms with Gasteiger partial charge in [-0.1, -0.05) is 20.8 Å². The molecular formula is C18H33O10P. The van der Waals surface area contributed by atoms with Gasteiger partial charge in [0.2, 0.25) is 0 Å². The molecular weight excluding hydrogens is 407 g/mol. The molecule has 0 saturated heterocycles. The van der Waals surface area contributed by atoms with Crippen molar-refractivity contribution in [2.24, 2.45) is 17.8 Å². The van der Waals surface area contributed by atoms with Crippen LogP contribution in [0.15, 0.2) is 0 Å². The SMILES string of the molecule is COC(=O)CC(C)COP(=O)(OCC(C)CC(=O)OC)OCC(C)CC(=O)OC. The zero-order valence-electron chi connectivity index (χ0n) is 18.0. The molecule has 0 amide bonds. The Hall–Kier alpha value is -1.48. The summed E-state index contributed by atoms with van der Waals surface area (Å²) in [7, 11) is -0.164. The van der Waals surface area contributed by atoms with Crippen molar-refractivity contribution in [2.75, 3.05) is 41.2 Å². The summed E-state index contributed by atoms with van der Waals surface area (Å²) in [5.74, 6) is -2.13. The first-order valence-corrected chi connectivity index (χ1v) is 10.7. The molecule has 0 aliphatic carbocycles. The first-order valence-electron chi connectivity index (χ1n) is 9.29. The van der Waals surface area contributed by atoms with Crippen molar-refractivity contribution in [3.05, 3.63) is 0 Å². The molecule has 0 aromatic rings. The zero-order valence-corrected chi connectivity index (χ0v) is 18.9. The van der Waals surface area contributed by atoms with Crippen LogP contribution in [0.25, 0.3) is 0 Å². The number of hydrogen-bond donors (Lipinski definition) is 0. The molecule has 0 aromatic heterocycles. The van der Waals surface area contributed by atoms with E-state index < -0.39 is 25.7 Å². The maximum absolute atomic E-state index is 13.0. The predicted octanol–water partition coefficient (Wildman–Crippen LogP) is 2.74. The van der Waals surface area contributed by atoms with Gasteiger partial charge in [-0.25, -0.2) is 4.57 Å². The van der Waals surface area contributed by atoms with E-state index in [1.807, 2.05) is 0 Å². The molecule has 10 nitrogen and oxygen atoms in total. The topological polar surface area (TPSA) is 124 Å². The Morgan fingerprint density at radius 1 is 0.621 bits per heavy atom. The average molecular weight is 440 g/mol. The van der Waals surface area contributed by atoms with Crippen molar-refractivity contribution in [3.8, 4) is 0 Å². The highest BCUT2D eigenvalue weighted by Crippen LogP contribution is 2.50. The molecule has 0 aromatic carbocycles. The molecule has 3 unspecified atom stereocenters. The van der Waals surface area contributed by atoms with E-state index in [2.05, 4.69) is 14.2 Å². The number of hydrogen-bond acceptors (Lipinski definition) is 10. The van der Waals surface area contributed by atoms with E-state index in [-0.39, 0.29) is 56.8 Å². The molecule has 29 heavy (non-hydrogen) atoms. The molecule has 0 N–H and O–H groups in total. The van der Waals surface area contributed by atoms with E-state index in [4.69, 9.17) is 13.6 Å². The molecule has 3 atom stereocenters. The Bertz CT molecular complexity index is 489. The summed E-state index contributed by atoms with van der Waals surface area (Å²) in [5.41, 5.74) is 0. The summed E-state index contributed by atoms with van der Waals surface area (Å²) in [6.45, 7) is 4.97. The number of methoxy groups -OCH3 is 3. The van der Waals surface area contributed by atoms with Crippen LogP contribution in [0.2, 0.25) is 0 Å². The molecule has 0 bridgehead atoms. The second kappa shape index (κ2) is 14.5. The number of carbonyl (C=O) groups excluding carboxylic acids is 3. The van der Waals surface area contributed by atoms with Gasteiger partial charge in [0.05, 0.1) is 60.4 Å². The molecule has 170 valence electrons. The molecule has 11 heteroatoms. The molecule has 0 radical (unpaired) electrons. The molecule has 0 spiro atoms. The minimum atomic E-state index is -3.99. The zero-order chi connectivity index (χ0) is 22.4.